The molecule has 0 saturated carbocycles. The summed E-state index contributed by atoms with van der Waals surface area (Å²) in [5.41, 5.74) is 2.14. The topological polar surface area (TPSA) is 141 Å². The molecule has 1 aliphatic rings. The van der Waals surface area contributed by atoms with Crippen LogP contribution < -0.4 is 21.1 Å². The summed E-state index contributed by atoms with van der Waals surface area (Å²) in [5, 5.41) is 15.2. The van der Waals surface area contributed by atoms with E-state index < -0.39 is 5.56 Å². The number of β-amino-alcohol motifs (C(OH)–C–C–N with tert-alkyl or cyclic N) is 1. The van der Waals surface area contributed by atoms with Gasteiger partial charge in [-0.3, -0.25) is 19.1 Å². The summed E-state index contributed by atoms with van der Waals surface area (Å²) in [6.45, 7) is 7.86. The second-order valence-corrected chi connectivity index (χ2v) is 8.67. The number of carbonyl (C=O) groups excluding carboxylic acids is 1. The van der Waals surface area contributed by atoms with Gasteiger partial charge in [0, 0.05) is 44.6 Å². The van der Waals surface area contributed by atoms with Crippen molar-refractivity contribution in [2.75, 3.05) is 54.9 Å². The van der Waals surface area contributed by atoms with Gasteiger partial charge in [0.05, 0.1) is 24.2 Å². The molecular weight excluding hydrogens is 486 g/mol. The zero-order valence-corrected chi connectivity index (χ0v) is 20.6. The van der Waals surface area contributed by atoms with Crippen molar-refractivity contribution < 1.29 is 9.90 Å². The number of fused-ring (bicyclic) bond motifs is 1. The van der Waals surface area contributed by atoms with Crippen LogP contribution in [0.3, 0.4) is 0 Å². The minimum atomic E-state index is -0.444. The Hall–Kier alpha value is -4.68. The van der Waals surface area contributed by atoms with Crippen LogP contribution in [0.1, 0.15) is 0 Å². The van der Waals surface area contributed by atoms with E-state index in [1.807, 2.05) is 18.2 Å². The lowest BCUT2D eigenvalue weighted by molar-refractivity contribution is -0.111. The molecule has 1 amide bonds. The molecule has 4 aromatic rings. The number of benzene rings is 1. The van der Waals surface area contributed by atoms with E-state index in [2.05, 4.69) is 46.9 Å². The highest BCUT2D eigenvalue weighted by Crippen LogP contribution is 2.21. The Morgan fingerprint density at radius 2 is 1.89 bits per heavy atom. The van der Waals surface area contributed by atoms with E-state index in [-0.39, 0.29) is 23.8 Å². The fourth-order valence-corrected chi connectivity index (χ4v) is 4.25. The van der Waals surface area contributed by atoms with E-state index in [4.69, 9.17) is 5.11 Å². The van der Waals surface area contributed by atoms with Crippen LogP contribution in [-0.4, -0.2) is 79.7 Å². The predicted octanol–water partition coefficient (Wildman–Crippen LogP) is 1.55. The Morgan fingerprint density at radius 1 is 1.05 bits per heavy atom. The zero-order valence-electron chi connectivity index (χ0n) is 20.6. The molecule has 5 rings (SSSR count). The molecule has 3 aromatic heterocycles. The maximum Gasteiger partial charge on any atom is 0.283 e. The number of rotatable bonds is 8. The second-order valence-electron chi connectivity index (χ2n) is 8.67. The fourth-order valence-electron chi connectivity index (χ4n) is 4.25. The fraction of sp³-hybridized carbons (Fsp3) is 0.231. The lowest BCUT2D eigenvalue weighted by Crippen LogP contribution is -2.47. The monoisotopic (exact) mass is 513 g/mol. The van der Waals surface area contributed by atoms with E-state index in [1.165, 1.54) is 18.6 Å². The molecule has 38 heavy (non-hydrogen) atoms. The first kappa shape index (κ1) is 25.0. The SMILES string of the molecule is C=CC(=O)Nc1cccc(-n2cnc(=O)c3cnc(Nc4ccc(N5CCN(CCO)CC5)cn4)nc32)c1. The van der Waals surface area contributed by atoms with Gasteiger partial charge in [-0.05, 0) is 36.4 Å². The number of hydrogen-bond acceptors (Lipinski definition) is 10. The standard InChI is InChI=1S/C26H27N9O3/c1-2-23(37)30-18-4-3-5-19(14-18)35-17-29-25(38)21-16-28-26(32-24(21)35)31-22-7-6-20(15-27-22)34-10-8-33(9-11-34)12-13-36/h2-7,14-17,36H,1,8-13H2,(H,30,37)(H,27,28,31,32). The molecule has 1 saturated heterocycles. The number of carbonyl (C=O) groups is 1. The van der Waals surface area contributed by atoms with Gasteiger partial charge in [0.2, 0.25) is 11.9 Å². The maximum atomic E-state index is 12.4. The van der Waals surface area contributed by atoms with Crippen molar-refractivity contribution >= 4 is 40.1 Å². The van der Waals surface area contributed by atoms with Crippen LogP contribution in [0, 0.1) is 0 Å². The Morgan fingerprint density at radius 3 is 2.63 bits per heavy atom. The number of piperazine rings is 1. The quantitative estimate of drug-likeness (QED) is 0.297. The first-order valence-electron chi connectivity index (χ1n) is 12.1. The number of amides is 1. The van der Waals surface area contributed by atoms with Crippen LogP contribution in [-0.2, 0) is 4.79 Å². The van der Waals surface area contributed by atoms with Gasteiger partial charge >= 0.3 is 0 Å². The zero-order chi connectivity index (χ0) is 26.5. The number of aliphatic hydroxyl groups is 1. The van der Waals surface area contributed by atoms with Crippen molar-refractivity contribution in [1.29, 1.82) is 0 Å². The molecule has 12 nitrogen and oxygen atoms in total. The second kappa shape index (κ2) is 11.2. The van der Waals surface area contributed by atoms with Crippen LogP contribution >= 0.6 is 0 Å². The van der Waals surface area contributed by atoms with Crippen molar-refractivity contribution in [3.63, 3.8) is 0 Å². The first-order valence-corrected chi connectivity index (χ1v) is 12.1. The van der Waals surface area contributed by atoms with E-state index in [0.717, 1.165) is 31.9 Å². The van der Waals surface area contributed by atoms with Crippen LogP contribution in [0.4, 0.5) is 23.1 Å². The average Bonchev–Trinajstić information content (AvgIpc) is 2.94. The Labute approximate surface area is 218 Å². The lowest BCUT2D eigenvalue weighted by atomic mass is 10.2. The minimum absolute atomic E-state index is 0.172. The van der Waals surface area contributed by atoms with Gasteiger partial charge in [-0.15, -0.1) is 0 Å². The van der Waals surface area contributed by atoms with Crippen molar-refractivity contribution in [3.05, 3.63) is 78.1 Å². The Balaban J connectivity index is 1.37. The molecule has 3 N–H and O–H groups in total. The molecule has 12 heteroatoms. The van der Waals surface area contributed by atoms with Gasteiger partial charge in [-0.2, -0.15) is 9.97 Å². The molecule has 4 heterocycles. The summed E-state index contributed by atoms with van der Waals surface area (Å²) in [7, 11) is 0. The molecule has 0 atom stereocenters. The summed E-state index contributed by atoms with van der Waals surface area (Å²) >= 11 is 0. The van der Waals surface area contributed by atoms with Gasteiger partial charge in [-0.1, -0.05) is 12.6 Å². The molecule has 194 valence electrons. The van der Waals surface area contributed by atoms with Crippen LogP contribution in [0.15, 0.2) is 72.6 Å². The molecular formula is C26H27N9O3. The van der Waals surface area contributed by atoms with Crippen molar-refractivity contribution in [2.45, 2.75) is 0 Å². The smallest absolute Gasteiger partial charge is 0.283 e. The van der Waals surface area contributed by atoms with Crippen molar-refractivity contribution in [2.24, 2.45) is 0 Å². The molecule has 0 unspecified atom stereocenters. The van der Waals surface area contributed by atoms with Gasteiger partial charge in [-0.25, -0.2) is 9.97 Å². The Bertz CT molecular complexity index is 1510. The highest BCUT2D eigenvalue weighted by molar-refractivity contribution is 5.99. The molecule has 0 aliphatic carbocycles. The third-order valence-corrected chi connectivity index (χ3v) is 6.24. The van der Waals surface area contributed by atoms with Crippen molar-refractivity contribution in [1.82, 2.24) is 29.4 Å². The summed E-state index contributed by atoms with van der Waals surface area (Å²) in [5.74, 6) is 0.497. The molecule has 1 aliphatic heterocycles. The van der Waals surface area contributed by atoms with E-state index in [0.29, 0.717) is 29.4 Å². The van der Waals surface area contributed by atoms with E-state index in [9.17, 15) is 9.59 Å². The van der Waals surface area contributed by atoms with E-state index >= 15 is 0 Å². The summed E-state index contributed by atoms with van der Waals surface area (Å²) in [6.07, 6.45) is 5.81. The average molecular weight is 514 g/mol. The van der Waals surface area contributed by atoms with Crippen LogP contribution in [0.2, 0.25) is 0 Å². The normalized spacial score (nSPS) is 13.9. The van der Waals surface area contributed by atoms with E-state index in [1.54, 1.807) is 29.0 Å². The Kier molecular flexibility index (Phi) is 7.33. The molecule has 0 spiro atoms. The number of nitrogens with one attached hydrogen (secondary N) is 2. The predicted molar refractivity (Wildman–Crippen MR) is 145 cm³/mol. The highest BCUT2D eigenvalue weighted by atomic mass is 16.3. The molecule has 0 radical (unpaired) electrons. The number of aliphatic hydroxyl groups excluding tert-OH is 1. The van der Waals surface area contributed by atoms with Gasteiger partial charge in [0.1, 0.15) is 17.5 Å². The van der Waals surface area contributed by atoms with Gasteiger partial charge in [0.25, 0.3) is 5.56 Å². The van der Waals surface area contributed by atoms with Crippen molar-refractivity contribution in [3.8, 4) is 5.69 Å². The third-order valence-electron chi connectivity index (χ3n) is 6.24. The summed E-state index contributed by atoms with van der Waals surface area (Å²) in [4.78, 5) is 45.9. The maximum absolute atomic E-state index is 12.4. The molecule has 1 fully saturated rings. The molecule has 0 bridgehead atoms. The highest BCUT2D eigenvalue weighted by Gasteiger charge is 2.17. The third kappa shape index (κ3) is 5.51. The molecule has 1 aromatic carbocycles. The van der Waals surface area contributed by atoms with Gasteiger partial charge < -0.3 is 20.6 Å². The number of hydrogen-bond donors (Lipinski definition) is 3. The summed E-state index contributed by atoms with van der Waals surface area (Å²) in [6, 6.07) is 10.9. The largest absolute Gasteiger partial charge is 0.395 e. The number of pyridine rings is 1. The van der Waals surface area contributed by atoms with Crippen LogP contribution in [0.5, 0.6) is 0 Å². The number of aromatic nitrogens is 5. The van der Waals surface area contributed by atoms with Gasteiger partial charge in [0.15, 0.2) is 5.65 Å². The lowest BCUT2D eigenvalue weighted by Gasteiger charge is -2.35. The van der Waals surface area contributed by atoms with Crippen LogP contribution in [0.25, 0.3) is 16.7 Å². The number of anilines is 4. The first-order chi connectivity index (χ1) is 18.5. The minimum Gasteiger partial charge on any atom is -0.395 e. The number of nitrogens with zero attached hydrogens (tertiary/aromatic N) is 7. The summed E-state index contributed by atoms with van der Waals surface area (Å²) < 4.78 is 1.65.